The van der Waals surface area contributed by atoms with Crippen molar-refractivity contribution in [2.45, 2.75) is 19.9 Å². The molecule has 0 radical (unpaired) electrons. The first-order valence-electron chi connectivity index (χ1n) is 6.27. The minimum absolute atomic E-state index is 0.0401. The zero-order valence-electron chi connectivity index (χ0n) is 11.4. The van der Waals surface area contributed by atoms with Crippen LogP contribution in [0, 0.1) is 12.7 Å². The van der Waals surface area contributed by atoms with Crippen LogP contribution in [-0.4, -0.2) is 7.11 Å². The highest BCUT2D eigenvalue weighted by molar-refractivity contribution is 5.49. The Balaban J connectivity index is 2.20. The highest BCUT2D eigenvalue weighted by Crippen LogP contribution is 2.27. The van der Waals surface area contributed by atoms with E-state index in [0.29, 0.717) is 5.56 Å². The predicted molar refractivity (Wildman–Crippen MR) is 76.2 cm³/mol. The summed E-state index contributed by atoms with van der Waals surface area (Å²) in [5.74, 6) is 0.632. The molecule has 100 valence electrons. The Labute approximate surface area is 113 Å². The van der Waals surface area contributed by atoms with Gasteiger partial charge in [-0.25, -0.2) is 4.39 Å². The number of rotatable bonds is 4. The molecule has 2 nitrogen and oxygen atoms in total. The van der Waals surface area contributed by atoms with E-state index in [1.165, 1.54) is 6.07 Å². The summed E-state index contributed by atoms with van der Waals surface area (Å²) in [5.41, 5.74) is 2.46. The van der Waals surface area contributed by atoms with Gasteiger partial charge in [-0.1, -0.05) is 24.3 Å². The molecule has 0 aliphatic rings. The molecule has 0 bridgehead atoms. The Morgan fingerprint density at radius 1 is 1.16 bits per heavy atom. The molecule has 0 spiro atoms. The first-order valence-corrected chi connectivity index (χ1v) is 6.27. The van der Waals surface area contributed by atoms with Crippen LogP contribution in [0.3, 0.4) is 0 Å². The van der Waals surface area contributed by atoms with Crippen LogP contribution in [0.1, 0.15) is 24.1 Å². The van der Waals surface area contributed by atoms with Gasteiger partial charge in [0.05, 0.1) is 13.2 Å². The van der Waals surface area contributed by atoms with E-state index in [0.717, 1.165) is 17.0 Å². The van der Waals surface area contributed by atoms with Gasteiger partial charge in [0, 0.05) is 11.3 Å². The summed E-state index contributed by atoms with van der Waals surface area (Å²) in [7, 11) is 1.65. The van der Waals surface area contributed by atoms with E-state index < -0.39 is 0 Å². The smallest absolute Gasteiger partial charge is 0.128 e. The van der Waals surface area contributed by atoms with E-state index in [1.807, 2.05) is 37.3 Å². The first kappa shape index (κ1) is 13.4. The topological polar surface area (TPSA) is 21.3 Å². The average molecular weight is 259 g/mol. The van der Waals surface area contributed by atoms with E-state index in [2.05, 4.69) is 5.32 Å². The number of halogens is 1. The fourth-order valence-electron chi connectivity index (χ4n) is 2.03. The van der Waals surface area contributed by atoms with Crippen LogP contribution >= 0.6 is 0 Å². The van der Waals surface area contributed by atoms with Crippen LogP contribution < -0.4 is 10.1 Å². The Bertz CT molecular complexity index is 568. The van der Waals surface area contributed by atoms with Crippen LogP contribution in [0.2, 0.25) is 0 Å². The molecule has 0 heterocycles. The molecule has 1 atom stereocenters. The third kappa shape index (κ3) is 3.05. The third-order valence-corrected chi connectivity index (χ3v) is 3.16. The highest BCUT2D eigenvalue weighted by atomic mass is 19.1. The minimum atomic E-state index is -0.197. The monoisotopic (exact) mass is 259 g/mol. The summed E-state index contributed by atoms with van der Waals surface area (Å²) in [6.07, 6.45) is 0. The molecule has 19 heavy (non-hydrogen) atoms. The van der Waals surface area contributed by atoms with Crippen molar-refractivity contribution in [2.24, 2.45) is 0 Å². The fourth-order valence-corrected chi connectivity index (χ4v) is 2.03. The van der Waals surface area contributed by atoms with Crippen molar-refractivity contribution in [1.29, 1.82) is 0 Å². The van der Waals surface area contributed by atoms with Gasteiger partial charge in [-0.15, -0.1) is 0 Å². The molecule has 0 saturated carbocycles. The van der Waals surface area contributed by atoms with Crippen molar-refractivity contribution < 1.29 is 9.13 Å². The second-order valence-electron chi connectivity index (χ2n) is 4.57. The molecule has 0 saturated heterocycles. The van der Waals surface area contributed by atoms with Gasteiger partial charge >= 0.3 is 0 Å². The lowest BCUT2D eigenvalue weighted by Gasteiger charge is -2.18. The molecule has 3 heteroatoms. The van der Waals surface area contributed by atoms with Gasteiger partial charge in [0.1, 0.15) is 11.6 Å². The van der Waals surface area contributed by atoms with Gasteiger partial charge in [-0.05, 0) is 37.6 Å². The normalized spacial score (nSPS) is 12.0. The van der Waals surface area contributed by atoms with Crippen LogP contribution in [-0.2, 0) is 0 Å². The van der Waals surface area contributed by atoms with Crippen molar-refractivity contribution in [3.8, 4) is 5.75 Å². The van der Waals surface area contributed by atoms with Crippen LogP contribution in [0.15, 0.2) is 42.5 Å². The lowest BCUT2D eigenvalue weighted by Crippen LogP contribution is -2.08. The van der Waals surface area contributed by atoms with Crippen molar-refractivity contribution in [3.63, 3.8) is 0 Å². The highest BCUT2D eigenvalue weighted by Gasteiger charge is 2.11. The van der Waals surface area contributed by atoms with Gasteiger partial charge in [0.2, 0.25) is 0 Å². The quantitative estimate of drug-likeness (QED) is 0.883. The van der Waals surface area contributed by atoms with Gasteiger partial charge in [-0.2, -0.15) is 0 Å². The summed E-state index contributed by atoms with van der Waals surface area (Å²) in [6.45, 7) is 3.78. The van der Waals surface area contributed by atoms with Gasteiger partial charge in [-0.3, -0.25) is 0 Å². The predicted octanol–water partition coefficient (Wildman–Crippen LogP) is 4.32. The second-order valence-corrected chi connectivity index (χ2v) is 4.57. The summed E-state index contributed by atoms with van der Waals surface area (Å²) in [4.78, 5) is 0. The Hall–Kier alpha value is -2.03. The van der Waals surface area contributed by atoms with Crippen LogP contribution in [0.4, 0.5) is 10.1 Å². The molecule has 0 aromatic heterocycles. The van der Waals surface area contributed by atoms with Crippen molar-refractivity contribution in [3.05, 3.63) is 59.4 Å². The van der Waals surface area contributed by atoms with Crippen LogP contribution in [0.25, 0.3) is 0 Å². The first-order chi connectivity index (χ1) is 9.11. The van der Waals surface area contributed by atoms with E-state index in [9.17, 15) is 4.39 Å². The zero-order chi connectivity index (χ0) is 13.8. The maximum absolute atomic E-state index is 13.5. The second kappa shape index (κ2) is 5.74. The Morgan fingerprint density at radius 3 is 2.58 bits per heavy atom. The maximum Gasteiger partial charge on any atom is 0.128 e. The van der Waals surface area contributed by atoms with Gasteiger partial charge in [0.25, 0.3) is 0 Å². The Morgan fingerprint density at radius 2 is 1.89 bits per heavy atom. The van der Waals surface area contributed by atoms with Crippen molar-refractivity contribution >= 4 is 5.69 Å². The summed E-state index contributed by atoms with van der Waals surface area (Å²) in [6, 6.07) is 13.0. The summed E-state index contributed by atoms with van der Waals surface area (Å²) in [5, 5.41) is 3.28. The maximum atomic E-state index is 13.5. The van der Waals surface area contributed by atoms with Gasteiger partial charge in [0.15, 0.2) is 0 Å². The number of anilines is 1. The summed E-state index contributed by atoms with van der Waals surface area (Å²) >= 11 is 0. The molecular weight excluding hydrogens is 241 g/mol. The van der Waals surface area contributed by atoms with Crippen molar-refractivity contribution in [1.82, 2.24) is 0 Å². The number of hydrogen-bond donors (Lipinski definition) is 1. The molecule has 0 aliphatic heterocycles. The number of para-hydroxylation sites is 1. The average Bonchev–Trinajstić information content (AvgIpc) is 2.43. The number of aryl methyl sites for hydroxylation is 1. The van der Waals surface area contributed by atoms with E-state index in [-0.39, 0.29) is 11.9 Å². The number of benzene rings is 2. The molecule has 1 N–H and O–H groups in total. The van der Waals surface area contributed by atoms with E-state index >= 15 is 0 Å². The molecular formula is C16H18FNO. The van der Waals surface area contributed by atoms with E-state index in [1.54, 1.807) is 20.1 Å². The van der Waals surface area contributed by atoms with Crippen LogP contribution in [0.5, 0.6) is 5.75 Å². The largest absolute Gasteiger partial charge is 0.496 e. The van der Waals surface area contributed by atoms with Gasteiger partial charge < -0.3 is 10.1 Å². The number of ether oxygens (including phenoxy) is 1. The zero-order valence-corrected chi connectivity index (χ0v) is 11.4. The molecule has 1 unspecified atom stereocenters. The van der Waals surface area contributed by atoms with E-state index in [4.69, 9.17) is 4.74 Å². The number of methoxy groups -OCH3 is 1. The summed E-state index contributed by atoms with van der Waals surface area (Å²) < 4.78 is 18.8. The fraction of sp³-hybridized carbons (Fsp3) is 0.250. The number of nitrogens with one attached hydrogen (secondary N) is 1. The molecule has 0 aliphatic carbocycles. The van der Waals surface area contributed by atoms with Crippen molar-refractivity contribution in [2.75, 3.05) is 12.4 Å². The SMILES string of the molecule is COc1ccccc1C(C)Nc1ccc(C)c(F)c1. The molecule has 2 aromatic rings. The Kier molecular flexibility index (Phi) is 4.05. The third-order valence-electron chi connectivity index (χ3n) is 3.16. The lowest BCUT2D eigenvalue weighted by atomic mass is 10.1. The molecule has 0 fully saturated rings. The lowest BCUT2D eigenvalue weighted by molar-refractivity contribution is 0.408. The minimum Gasteiger partial charge on any atom is -0.496 e. The standard InChI is InChI=1S/C16H18FNO/c1-11-8-9-13(10-15(11)17)18-12(2)14-6-4-5-7-16(14)19-3/h4-10,12,18H,1-3H3. The number of hydrogen-bond acceptors (Lipinski definition) is 2. The molecule has 2 aromatic carbocycles. The molecule has 2 rings (SSSR count). The molecule has 0 amide bonds.